The van der Waals surface area contributed by atoms with Crippen LogP contribution in [0.2, 0.25) is 0 Å². The predicted octanol–water partition coefficient (Wildman–Crippen LogP) is 0.229. The standard InChI is InChI=1S/C18H21N3O.ClH/c1-22-18-8-7-15-5-2-3-6-16(15)17(18)13-19-9-4-11-21-12-10-20-14-21;/h2-3,5-8,10,12,14,19H,4,9,11,13H2,1H3;1H/p-1. The fraction of sp³-hybridized carbons (Fsp3) is 0.278. The molecule has 0 saturated heterocycles. The zero-order valence-corrected chi connectivity index (χ0v) is 14.0. The number of hydrogen-bond acceptors (Lipinski definition) is 3. The van der Waals surface area contributed by atoms with Gasteiger partial charge in [-0.1, -0.05) is 30.3 Å². The molecular formula is C18H21ClN3O-. The van der Waals surface area contributed by atoms with Gasteiger partial charge in [0, 0.05) is 31.0 Å². The van der Waals surface area contributed by atoms with Gasteiger partial charge in [-0.25, -0.2) is 4.98 Å². The molecule has 3 rings (SSSR count). The first-order valence-corrected chi connectivity index (χ1v) is 7.59. The third-order valence-corrected chi connectivity index (χ3v) is 3.85. The third-order valence-electron chi connectivity index (χ3n) is 3.85. The van der Waals surface area contributed by atoms with Crippen LogP contribution in [0.3, 0.4) is 0 Å². The number of rotatable bonds is 7. The van der Waals surface area contributed by atoms with Crippen LogP contribution in [0, 0.1) is 0 Å². The van der Waals surface area contributed by atoms with E-state index < -0.39 is 0 Å². The van der Waals surface area contributed by atoms with E-state index >= 15 is 0 Å². The highest BCUT2D eigenvalue weighted by molar-refractivity contribution is 5.87. The maximum absolute atomic E-state index is 5.52. The molecule has 0 unspecified atom stereocenters. The number of aryl methyl sites for hydroxylation is 1. The van der Waals surface area contributed by atoms with Gasteiger partial charge in [0.15, 0.2) is 0 Å². The number of fused-ring (bicyclic) bond motifs is 1. The number of hydrogen-bond donors (Lipinski definition) is 1. The number of nitrogens with one attached hydrogen (secondary N) is 1. The molecule has 0 fully saturated rings. The molecule has 0 saturated carbocycles. The van der Waals surface area contributed by atoms with E-state index in [4.69, 9.17) is 4.74 Å². The first kappa shape index (κ1) is 17.3. The summed E-state index contributed by atoms with van der Waals surface area (Å²) in [6.07, 6.45) is 6.74. The van der Waals surface area contributed by atoms with E-state index in [0.717, 1.165) is 31.8 Å². The summed E-state index contributed by atoms with van der Waals surface area (Å²) in [4.78, 5) is 4.05. The largest absolute Gasteiger partial charge is 1.00 e. The lowest BCUT2D eigenvalue weighted by Crippen LogP contribution is -3.00. The van der Waals surface area contributed by atoms with Gasteiger partial charge < -0.3 is 27.0 Å². The molecule has 0 bridgehead atoms. The third kappa shape index (κ3) is 4.24. The molecule has 0 spiro atoms. The second-order valence-corrected chi connectivity index (χ2v) is 5.30. The molecule has 0 radical (unpaired) electrons. The van der Waals surface area contributed by atoms with Crippen LogP contribution in [0.15, 0.2) is 55.1 Å². The molecule has 23 heavy (non-hydrogen) atoms. The number of imidazole rings is 1. The Bertz CT molecular complexity index is 728. The SMILES string of the molecule is COc1ccc2ccccc2c1CNCCCn1ccnc1.[Cl-]. The summed E-state index contributed by atoms with van der Waals surface area (Å²) in [6, 6.07) is 12.6. The summed E-state index contributed by atoms with van der Waals surface area (Å²) in [5.41, 5.74) is 1.23. The highest BCUT2D eigenvalue weighted by Crippen LogP contribution is 2.27. The monoisotopic (exact) mass is 330 g/mol. The molecule has 1 N–H and O–H groups in total. The van der Waals surface area contributed by atoms with Gasteiger partial charge in [-0.2, -0.15) is 0 Å². The van der Waals surface area contributed by atoms with E-state index in [-0.39, 0.29) is 12.4 Å². The van der Waals surface area contributed by atoms with E-state index in [2.05, 4.69) is 45.2 Å². The number of benzene rings is 2. The molecule has 4 nitrogen and oxygen atoms in total. The maximum atomic E-state index is 5.52. The number of halogens is 1. The molecule has 1 heterocycles. The Morgan fingerprint density at radius 2 is 2.04 bits per heavy atom. The maximum Gasteiger partial charge on any atom is 0.123 e. The van der Waals surface area contributed by atoms with Crippen molar-refractivity contribution in [2.75, 3.05) is 13.7 Å². The molecule has 0 amide bonds. The average molecular weight is 331 g/mol. The molecule has 0 aliphatic rings. The fourth-order valence-electron chi connectivity index (χ4n) is 2.71. The summed E-state index contributed by atoms with van der Waals surface area (Å²) < 4.78 is 7.61. The van der Waals surface area contributed by atoms with E-state index in [1.807, 2.05) is 24.8 Å². The lowest BCUT2D eigenvalue weighted by Gasteiger charge is -2.13. The average Bonchev–Trinajstić information content (AvgIpc) is 3.08. The minimum Gasteiger partial charge on any atom is -1.00 e. The Labute approximate surface area is 142 Å². The van der Waals surface area contributed by atoms with Crippen molar-refractivity contribution in [1.82, 2.24) is 14.9 Å². The minimum atomic E-state index is 0. The normalized spacial score (nSPS) is 10.5. The van der Waals surface area contributed by atoms with Gasteiger partial charge in [-0.15, -0.1) is 0 Å². The minimum absolute atomic E-state index is 0. The van der Waals surface area contributed by atoms with E-state index in [9.17, 15) is 0 Å². The first-order chi connectivity index (χ1) is 10.9. The Hall–Kier alpha value is -2.04. The van der Waals surface area contributed by atoms with Crippen molar-refractivity contribution in [1.29, 1.82) is 0 Å². The van der Waals surface area contributed by atoms with Gasteiger partial charge in [-0.05, 0) is 29.8 Å². The number of ether oxygens (including phenoxy) is 1. The Kier molecular flexibility index (Phi) is 6.44. The van der Waals surface area contributed by atoms with Gasteiger partial charge in [0.25, 0.3) is 0 Å². The van der Waals surface area contributed by atoms with E-state index in [1.165, 1.54) is 16.3 Å². The van der Waals surface area contributed by atoms with Gasteiger partial charge in [0.2, 0.25) is 0 Å². The highest BCUT2D eigenvalue weighted by Gasteiger charge is 2.07. The van der Waals surface area contributed by atoms with E-state index in [0.29, 0.717) is 0 Å². The second-order valence-electron chi connectivity index (χ2n) is 5.30. The van der Waals surface area contributed by atoms with Crippen molar-refractivity contribution in [3.05, 3.63) is 60.7 Å². The molecule has 0 aliphatic carbocycles. The number of methoxy groups -OCH3 is 1. The van der Waals surface area contributed by atoms with Crippen LogP contribution < -0.4 is 22.5 Å². The van der Waals surface area contributed by atoms with Crippen molar-refractivity contribution in [3.63, 3.8) is 0 Å². The topological polar surface area (TPSA) is 39.1 Å². The van der Waals surface area contributed by atoms with Gasteiger partial charge >= 0.3 is 0 Å². The zero-order valence-electron chi connectivity index (χ0n) is 13.2. The zero-order chi connectivity index (χ0) is 15.2. The van der Waals surface area contributed by atoms with Crippen LogP contribution in [0.5, 0.6) is 5.75 Å². The van der Waals surface area contributed by atoms with Crippen molar-refractivity contribution >= 4 is 10.8 Å². The molecular weight excluding hydrogens is 310 g/mol. The molecule has 2 aromatic carbocycles. The number of aromatic nitrogens is 2. The molecule has 5 heteroatoms. The van der Waals surface area contributed by atoms with Crippen molar-refractivity contribution in [2.24, 2.45) is 0 Å². The second kappa shape index (κ2) is 8.56. The lowest BCUT2D eigenvalue weighted by molar-refractivity contribution is -0.00000480. The van der Waals surface area contributed by atoms with Crippen LogP contribution in [0.25, 0.3) is 10.8 Å². The quantitative estimate of drug-likeness (QED) is 0.630. The predicted molar refractivity (Wildman–Crippen MR) is 89.1 cm³/mol. The highest BCUT2D eigenvalue weighted by atomic mass is 35.5. The van der Waals surface area contributed by atoms with Crippen LogP contribution in [-0.2, 0) is 13.1 Å². The summed E-state index contributed by atoms with van der Waals surface area (Å²) in [6.45, 7) is 2.76. The molecule has 3 aromatic rings. The van der Waals surface area contributed by atoms with Crippen LogP contribution in [0.4, 0.5) is 0 Å². The van der Waals surface area contributed by atoms with Crippen LogP contribution in [0.1, 0.15) is 12.0 Å². The van der Waals surface area contributed by atoms with E-state index in [1.54, 1.807) is 7.11 Å². The molecule has 122 valence electrons. The first-order valence-electron chi connectivity index (χ1n) is 7.59. The smallest absolute Gasteiger partial charge is 0.123 e. The summed E-state index contributed by atoms with van der Waals surface area (Å²) >= 11 is 0. The lowest BCUT2D eigenvalue weighted by atomic mass is 10.0. The fourth-order valence-corrected chi connectivity index (χ4v) is 2.71. The Morgan fingerprint density at radius 3 is 2.83 bits per heavy atom. The Morgan fingerprint density at radius 1 is 1.17 bits per heavy atom. The number of nitrogens with zero attached hydrogens (tertiary/aromatic N) is 2. The molecule has 1 aromatic heterocycles. The van der Waals surface area contributed by atoms with Gasteiger partial charge in [0.1, 0.15) is 5.75 Å². The van der Waals surface area contributed by atoms with Crippen molar-refractivity contribution in [2.45, 2.75) is 19.5 Å². The summed E-state index contributed by atoms with van der Waals surface area (Å²) in [5, 5.41) is 6.02. The molecule has 0 atom stereocenters. The van der Waals surface area contributed by atoms with Crippen molar-refractivity contribution < 1.29 is 17.1 Å². The van der Waals surface area contributed by atoms with Crippen LogP contribution in [-0.4, -0.2) is 23.2 Å². The summed E-state index contributed by atoms with van der Waals surface area (Å²) in [7, 11) is 1.73. The Balaban J connectivity index is 0.00000192. The molecule has 0 aliphatic heterocycles. The summed E-state index contributed by atoms with van der Waals surface area (Å²) in [5.74, 6) is 0.945. The van der Waals surface area contributed by atoms with Crippen LogP contribution >= 0.6 is 0 Å². The van der Waals surface area contributed by atoms with Gasteiger partial charge in [-0.3, -0.25) is 0 Å². The van der Waals surface area contributed by atoms with Gasteiger partial charge in [0.05, 0.1) is 13.4 Å². The van der Waals surface area contributed by atoms with Crippen molar-refractivity contribution in [3.8, 4) is 5.75 Å².